The third-order valence-electron chi connectivity index (χ3n) is 7.36. The molecular formula is C31H42O2S2. The minimum absolute atomic E-state index is 0.621. The van der Waals surface area contributed by atoms with Crippen molar-refractivity contribution in [2.75, 3.05) is 13.2 Å². The fraction of sp³-hybridized carbons (Fsp3) is 0.548. The monoisotopic (exact) mass is 510 g/mol. The Morgan fingerprint density at radius 1 is 0.686 bits per heavy atom. The van der Waals surface area contributed by atoms with Crippen molar-refractivity contribution >= 4 is 53.6 Å². The van der Waals surface area contributed by atoms with E-state index < -0.39 is 0 Å². The number of thiophene rings is 2. The molecule has 4 rings (SSSR count). The number of rotatable bonds is 15. The SMILES string of the molecule is CCCCC(CCC)COc1c2cc3ccsc3c(OCCC(CC)CCC)c2cc2ccsc12. The maximum Gasteiger partial charge on any atom is 0.145 e. The second-order valence-corrected chi connectivity index (χ2v) is 11.8. The Kier molecular flexibility index (Phi) is 9.74. The summed E-state index contributed by atoms with van der Waals surface area (Å²) in [5.74, 6) is 3.47. The molecular weight excluding hydrogens is 468 g/mol. The van der Waals surface area contributed by atoms with E-state index in [9.17, 15) is 0 Å². The molecule has 4 aromatic rings. The Morgan fingerprint density at radius 3 is 1.86 bits per heavy atom. The lowest BCUT2D eigenvalue weighted by molar-refractivity contribution is 0.232. The fourth-order valence-corrected chi connectivity index (χ4v) is 7.09. The first-order valence-corrected chi connectivity index (χ1v) is 15.6. The molecule has 0 aliphatic heterocycles. The maximum atomic E-state index is 6.73. The summed E-state index contributed by atoms with van der Waals surface area (Å²) < 4.78 is 15.9. The zero-order chi connectivity index (χ0) is 24.6. The van der Waals surface area contributed by atoms with Crippen molar-refractivity contribution in [1.29, 1.82) is 0 Å². The molecule has 35 heavy (non-hydrogen) atoms. The molecule has 0 aliphatic rings. The molecule has 2 nitrogen and oxygen atoms in total. The summed E-state index contributed by atoms with van der Waals surface area (Å²) in [6.45, 7) is 10.7. The molecule has 0 fully saturated rings. The van der Waals surface area contributed by atoms with E-state index in [4.69, 9.17) is 9.47 Å². The molecule has 2 aromatic carbocycles. The van der Waals surface area contributed by atoms with E-state index in [0.29, 0.717) is 5.92 Å². The van der Waals surface area contributed by atoms with Gasteiger partial charge >= 0.3 is 0 Å². The van der Waals surface area contributed by atoms with Crippen molar-refractivity contribution in [3.8, 4) is 11.5 Å². The molecule has 0 spiro atoms. The van der Waals surface area contributed by atoms with Gasteiger partial charge in [0, 0.05) is 10.8 Å². The van der Waals surface area contributed by atoms with Crippen LogP contribution in [0, 0.1) is 11.8 Å². The van der Waals surface area contributed by atoms with Gasteiger partial charge in [0.15, 0.2) is 0 Å². The van der Waals surface area contributed by atoms with Crippen LogP contribution in [0.3, 0.4) is 0 Å². The number of benzene rings is 2. The number of ether oxygens (including phenoxy) is 2. The predicted octanol–water partition coefficient (Wildman–Crippen LogP) is 10.8. The number of fused-ring (bicyclic) bond motifs is 3. The zero-order valence-corrected chi connectivity index (χ0v) is 23.7. The molecule has 190 valence electrons. The van der Waals surface area contributed by atoms with Crippen LogP contribution < -0.4 is 9.47 Å². The molecule has 2 unspecified atom stereocenters. The van der Waals surface area contributed by atoms with Crippen LogP contribution in [-0.4, -0.2) is 13.2 Å². The Bertz CT molecular complexity index is 1210. The molecule has 0 saturated carbocycles. The van der Waals surface area contributed by atoms with Crippen molar-refractivity contribution in [1.82, 2.24) is 0 Å². The summed E-state index contributed by atoms with van der Waals surface area (Å²) in [7, 11) is 0. The molecule has 0 bridgehead atoms. The van der Waals surface area contributed by atoms with E-state index in [1.54, 1.807) is 22.7 Å². The third-order valence-corrected chi connectivity index (χ3v) is 9.21. The normalized spacial score (nSPS) is 13.6. The van der Waals surface area contributed by atoms with Crippen LogP contribution in [-0.2, 0) is 0 Å². The van der Waals surface area contributed by atoms with E-state index in [1.165, 1.54) is 82.3 Å². The van der Waals surface area contributed by atoms with Crippen LogP contribution in [0.15, 0.2) is 35.0 Å². The molecule has 0 aliphatic carbocycles. The smallest absolute Gasteiger partial charge is 0.145 e. The first kappa shape index (κ1) is 26.3. The summed E-state index contributed by atoms with van der Waals surface area (Å²) in [5.41, 5.74) is 0. The number of hydrogen-bond donors (Lipinski definition) is 0. The van der Waals surface area contributed by atoms with Gasteiger partial charge in [-0.15, -0.1) is 22.7 Å². The van der Waals surface area contributed by atoms with Crippen LogP contribution in [0.25, 0.3) is 30.9 Å². The highest BCUT2D eigenvalue weighted by atomic mass is 32.1. The van der Waals surface area contributed by atoms with Crippen molar-refractivity contribution in [2.45, 2.75) is 85.5 Å². The van der Waals surface area contributed by atoms with Gasteiger partial charge in [-0.25, -0.2) is 0 Å². The van der Waals surface area contributed by atoms with Crippen molar-refractivity contribution < 1.29 is 9.47 Å². The average Bonchev–Trinajstić information content (AvgIpc) is 3.53. The van der Waals surface area contributed by atoms with Crippen molar-refractivity contribution in [2.24, 2.45) is 11.8 Å². The minimum atomic E-state index is 0.621. The van der Waals surface area contributed by atoms with E-state index >= 15 is 0 Å². The van der Waals surface area contributed by atoms with Crippen LogP contribution >= 0.6 is 22.7 Å². The van der Waals surface area contributed by atoms with Crippen molar-refractivity contribution in [3.63, 3.8) is 0 Å². The van der Waals surface area contributed by atoms with Gasteiger partial charge in [0.1, 0.15) is 11.5 Å². The lowest BCUT2D eigenvalue weighted by Gasteiger charge is -2.20. The van der Waals surface area contributed by atoms with Crippen LogP contribution in [0.2, 0.25) is 0 Å². The van der Waals surface area contributed by atoms with E-state index in [2.05, 4.69) is 62.7 Å². The Morgan fingerprint density at radius 2 is 1.29 bits per heavy atom. The van der Waals surface area contributed by atoms with Gasteiger partial charge in [0.2, 0.25) is 0 Å². The summed E-state index contributed by atoms with van der Waals surface area (Å²) >= 11 is 3.58. The molecule has 2 aromatic heterocycles. The first-order valence-electron chi connectivity index (χ1n) is 13.8. The van der Waals surface area contributed by atoms with Crippen LogP contribution in [0.5, 0.6) is 11.5 Å². The van der Waals surface area contributed by atoms with Gasteiger partial charge < -0.3 is 9.47 Å². The average molecular weight is 511 g/mol. The van der Waals surface area contributed by atoms with Gasteiger partial charge in [0.05, 0.1) is 22.6 Å². The molecule has 0 saturated heterocycles. The first-order chi connectivity index (χ1) is 17.2. The highest BCUT2D eigenvalue weighted by Crippen LogP contribution is 2.46. The van der Waals surface area contributed by atoms with E-state index in [1.807, 2.05) is 0 Å². The summed E-state index contributed by atoms with van der Waals surface area (Å²) in [5, 5.41) is 9.30. The lowest BCUT2D eigenvalue weighted by Crippen LogP contribution is -2.12. The largest absolute Gasteiger partial charge is 0.491 e. The lowest BCUT2D eigenvalue weighted by atomic mass is 9.97. The third kappa shape index (κ3) is 6.14. The molecule has 0 N–H and O–H groups in total. The molecule has 2 heterocycles. The van der Waals surface area contributed by atoms with E-state index in [-0.39, 0.29) is 0 Å². The predicted molar refractivity (Wildman–Crippen MR) is 157 cm³/mol. The second-order valence-electron chi connectivity index (χ2n) is 9.99. The Balaban J connectivity index is 1.71. The van der Waals surface area contributed by atoms with Gasteiger partial charge in [-0.05, 0) is 76.9 Å². The number of hydrogen-bond acceptors (Lipinski definition) is 4. The van der Waals surface area contributed by atoms with Gasteiger partial charge in [0.25, 0.3) is 0 Å². The van der Waals surface area contributed by atoms with E-state index in [0.717, 1.165) is 37.1 Å². The zero-order valence-electron chi connectivity index (χ0n) is 22.0. The highest BCUT2D eigenvalue weighted by Gasteiger charge is 2.19. The second kappa shape index (κ2) is 13.0. The van der Waals surface area contributed by atoms with Crippen LogP contribution in [0.1, 0.15) is 85.5 Å². The van der Waals surface area contributed by atoms with Gasteiger partial charge in [-0.2, -0.15) is 0 Å². The Hall–Kier alpha value is -1.78. The summed E-state index contributed by atoms with van der Waals surface area (Å²) in [6.07, 6.45) is 11.1. The summed E-state index contributed by atoms with van der Waals surface area (Å²) in [6, 6.07) is 9.10. The standard InChI is InChI=1S/C31H42O2S2/c1-5-9-12-23(11-7-3)21-33-29-27-20-24-14-17-34-30(24)28(32-16-13-22(8-4)10-6-2)26(27)19-25-15-18-35-31(25)29/h14-15,17-20,22-23H,5-13,16,21H2,1-4H3. The molecule has 4 heteroatoms. The fourth-order valence-electron chi connectivity index (χ4n) is 5.31. The minimum Gasteiger partial charge on any atom is -0.491 e. The molecule has 0 radical (unpaired) electrons. The summed E-state index contributed by atoms with van der Waals surface area (Å²) in [4.78, 5) is 0. The van der Waals surface area contributed by atoms with Crippen molar-refractivity contribution in [3.05, 3.63) is 35.0 Å². The molecule has 2 atom stereocenters. The Labute approximate surface area is 219 Å². The topological polar surface area (TPSA) is 18.5 Å². The van der Waals surface area contributed by atoms with Crippen LogP contribution in [0.4, 0.5) is 0 Å². The molecule has 0 amide bonds. The quantitative estimate of drug-likeness (QED) is 0.158. The maximum absolute atomic E-state index is 6.73. The van der Waals surface area contributed by atoms with Gasteiger partial charge in [-0.1, -0.05) is 66.2 Å². The van der Waals surface area contributed by atoms with Gasteiger partial charge in [-0.3, -0.25) is 0 Å². The number of unbranched alkanes of at least 4 members (excludes halogenated alkanes) is 1. The highest BCUT2D eigenvalue weighted by molar-refractivity contribution is 7.18.